The highest BCUT2D eigenvalue weighted by molar-refractivity contribution is 9.10. The van der Waals surface area contributed by atoms with E-state index in [9.17, 15) is 9.18 Å². The van der Waals surface area contributed by atoms with Crippen LogP contribution >= 0.6 is 15.9 Å². The average Bonchev–Trinajstić information content (AvgIpc) is 2.56. The molecule has 0 aliphatic heterocycles. The Hall–Kier alpha value is -1.89. The van der Waals surface area contributed by atoms with E-state index in [1.807, 2.05) is 0 Å². The Labute approximate surface area is 117 Å². The summed E-state index contributed by atoms with van der Waals surface area (Å²) in [5.41, 5.74) is 7.19. The molecule has 1 heterocycles. The first-order valence-corrected chi connectivity index (χ1v) is 6.25. The maximum atomic E-state index is 13.0. The van der Waals surface area contributed by atoms with Crippen LogP contribution in [0.25, 0.3) is 0 Å². The fourth-order valence-electron chi connectivity index (χ4n) is 1.67. The van der Waals surface area contributed by atoms with Gasteiger partial charge in [0.2, 0.25) is 0 Å². The molecule has 3 N–H and O–H groups in total. The molecule has 2 aromatic rings. The lowest BCUT2D eigenvalue weighted by atomic mass is 10.2. The molecule has 0 saturated carbocycles. The normalized spacial score (nSPS) is 10.5. The van der Waals surface area contributed by atoms with Crippen LogP contribution in [-0.4, -0.2) is 15.7 Å². The minimum Gasteiger partial charge on any atom is -0.394 e. The maximum Gasteiger partial charge on any atom is 0.258 e. The smallest absolute Gasteiger partial charge is 0.258 e. The third-order valence-corrected chi connectivity index (χ3v) is 3.33. The molecule has 1 aromatic heterocycles. The molecule has 0 atom stereocenters. The van der Waals surface area contributed by atoms with Crippen LogP contribution < -0.4 is 11.1 Å². The molecule has 0 unspecified atom stereocenters. The lowest BCUT2D eigenvalue weighted by molar-refractivity contribution is 0.102. The topological polar surface area (TPSA) is 72.9 Å². The summed E-state index contributed by atoms with van der Waals surface area (Å²) in [6, 6.07) is 3.85. The van der Waals surface area contributed by atoms with Crippen LogP contribution in [0.3, 0.4) is 0 Å². The standard InChI is InChI=1S/C12H12BrFN4O/c1-6-10(15)11(18(2)17-6)16-12(19)8-4-3-7(14)5-9(8)13/h3-5H,15H2,1-2H3,(H,16,19). The van der Waals surface area contributed by atoms with Gasteiger partial charge in [-0.25, -0.2) is 4.39 Å². The lowest BCUT2D eigenvalue weighted by Gasteiger charge is -2.08. The SMILES string of the molecule is Cc1nn(C)c(NC(=O)c2ccc(F)cc2Br)c1N. The molecule has 0 saturated heterocycles. The minimum absolute atomic E-state index is 0.319. The summed E-state index contributed by atoms with van der Waals surface area (Å²) in [6.45, 7) is 1.75. The van der Waals surface area contributed by atoms with Gasteiger partial charge in [0, 0.05) is 11.5 Å². The second-order valence-corrected chi connectivity index (χ2v) is 4.90. The second-order valence-electron chi connectivity index (χ2n) is 4.05. The minimum atomic E-state index is -0.417. The average molecular weight is 327 g/mol. The molecule has 0 radical (unpaired) electrons. The number of aryl methyl sites for hydroxylation is 2. The first kappa shape index (κ1) is 13.5. The zero-order valence-corrected chi connectivity index (χ0v) is 12.0. The quantitative estimate of drug-likeness (QED) is 0.890. The predicted octanol–water partition coefficient (Wildman–Crippen LogP) is 2.46. The molecule has 19 heavy (non-hydrogen) atoms. The van der Waals surface area contributed by atoms with Crippen LogP contribution in [0.1, 0.15) is 16.1 Å². The molecule has 1 aromatic carbocycles. The van der Waals surface area contributed by atoms with Crippen molar-refractivity contribution in [3.05, 3.63) is 39.7 Å². The predicted molar refractivity (Wildman–Crippen MR) is 74.4 cm³/mol. The Morgan fingerprint density at radius 1 is 1.53 bits per heavy atom. The van der Waals surface area contributed by atoms with Crippen molar-refractivity contribution < 1.29 is 9.18 Å². The van der Waals surface area contributed by atoms with E-state index in [-0.39, 0.29) is 5.91 Å². The van der Waals surface area contributed by atoms with Gasteiger partial charge in [-0.1, -0.05) is 0 Å². The van der Waals surface area contributed by atoms with Gasteiger partial charge >= 0.3 is 0 Å². The summed E-state index contributed by atoms with van der Waals surface area (Å²) >= 11 is 3.15. The Kier molecular flexibility index (Phi) is 3.57. The number of halogens is 2. The van der Waals surface area contributed by atoms with Gasteiger partial charge in [-0.05, 0) is 41.1 Å². The van der Waals surface area contributed by atoms with Crippen LogP contribution in [0.2, 0.25) is 0 Å². The number of nitrogens with two attached hydrogens (primary N) is 1. The zero-order chi connectivity index (χ0) is 14.2. The number of hydrogen-bond donors (Lipinski definition) is 2. The van der Waals surface area contributed by atoms with Gasteiger partial charge in [-0.3, -0.25) is 9.48 Å². The van der Waals surface area contributed by atoms with Crippen LogP contribution in [0, 0.1) is 12.7 Å². The van der Waals surface area contributed by atoms with E-state index in [0.29, 0.717) is 27.2 Å². The number of anilines is 2. The van der Waals surface area contributed by atoms with Crippen molar-refractivity contribution in [3.8, 4) is 0 Å². The van der Waals surface area contributed by atoms with E-state index in [1.54, 1.807) is 14.0 Å². The van der Waals surface area contributed by atoms with E-state index in [0.717, 1.165) is 0 Å². The van der Waals surface area contributed by atoms with Gasteiger partial charge < -0.3 is 11.1 Å². The van der Waals surface area contributed by atoms with Gasteiger partial charge in [0.1, 0.15) is 5.82 Å². The van der Waals surface area contributed by atoms with Crippen molar-refractivity contribution in [2.45, 2.75) is 6.92 Å². The molecule has 0 bridgehead atoms. The van der Waals surface area contributed by atoms with Gasteiger partial charge in [0.15, 0.2) is 5.82 Å². The Morgan fingerprint density at radius 3 is 2.74 bits per heavy atom. The molecule has 0 aliphatic carbocycles. The summed E-state index contributed by atoms with van der Waals surface area (Å²) in [5, 5.41) is 6.76. The monoisotopic (exact) mass is 326 g/mol. The first-order chi connectivity index (χ1) is 8.90. The number of aromatic nitrogens is 2. The Bertz CT molecular complexity index is 653. The van der Waals surface area contributed by atoms with Gasteiger partial charge in [0.25, 0.3) is 5.91 Å². The summed E-state index contributed by atoms with van der Waals surface area (Å²) in [6.07, 6.45) is 0. The molecule has 100 valence electrons. The van der Waals surface area contributed by atoms with E-state index >= 15 is 0 Å². The number of nitrogen functional groups attached to an aromatic ring is 1. The second kappa shape index (κ2) is 5.00. The molecule has 0 spiro atoms. The summed E-state index contributed by atoms with van der Waals surface area (Å²) < 4.78 is 14.8. The van der Waals surface area contributed by atoms with Crippen molar-refractivity contribution >= 4 is 33.3 Å². The van der Waals surface area contributed by atoms with Gasteiger partial charge in [0.05, 0.1) is 16.9 Å². The Morgan fingerprint density at radius 2 is 2.21 bits per heavy atom. The number of rotatable bonds is 2. The van der Waals surface area contributed by atoms with Crippen LogP contribution in [-0.2, 0) is 7.05 Å². The molecule has 2 rings (SSSR count). The number of carbonyl (C=O) groups is 1. The third kappa shape index (κ3) is 2.60. The Balaban J connectivity index is 2.31. The highest BCUT2D eigenvalue weighted by atomic mass is 79.9. The van der Waals surface area contributed by atoms with Crippen LogP contribution in [0.15, 0.2) is 22.7 Å². The number of nitrogens with zero attached hydrogens (tertiary/aromatic N) is 2. The van der Waals surface area contributed by atoms with Crippen LogP contribution in [0.5, 0.6) is 0 Å². The molecule has 7 heteroatoms. The first-order valence-electron chi connectivity index (χ1n) is 5.45. The lowest BCUT2D eigenvalue weighted by Crippen LogP contribution is -2.16. The largest absolute Gasteiger partial charge is 0.394 e. The van der Waals surface area contributed by atoms with Crippen molar-refractivity contribution in [2.24, 2.45) is 7.05 Å². The van der Waals surface area contributed by atoms with Gasteiger partial charge in [-0.2, -0.15) is 5.10 Å². The van der Waals surface area contributed by atoms with Crippen molar-refractivity contribution in [2.75, 3.05) is 11.1 Å². The fourth-order valence-corrected chi connectivity index (χ4v) is 2.20. The molecule has 1 amide bonds. The summed E-state index contributed by atoms with van der Waals surface area (Å²) in [4.78, 5) is 12.1. The molecule has 0 aliphatic rings. The van der Waals surface area contributed by atoms with Gasteiger partial charge in [-0.15, -0.1) is 0 Å². The number of nitrogens with one attached hydrogen (secondary N) is 1. The van der Waals surface area contributed by atoms with Crippen LogP contribution in [0.4, 0.5) is 15.9 Å². The van der Waals surface area contributed by atoms with E-state index in [4.69, 9.17) is 5.73 Å². The van der Waals surface area contributed by atoms with Crippen molar-refractivity contribution in [1.29, 1.82) is 0 Å². The number of benzene rings is 1. The maximum absolute atomic E-state index is 13.0. The summed E-state index contributed by atoms with van der Waals surface area (Å²) in [7, 11) is 1.68. The summed E-state index contributed by atoms with van der Waals surface area (Å²) in [5.74, 6) is -0.389. The van der Waals surface area contributed by atoms with Crippen molar-refractivity contribution in [3.63, 3.8) is 0 Å². The molecular formula is C12H12BrFN4O. The molecule has 5 nitrogen and oxygen atoms in total. The number of hydrogen-bond acceptors (Lipinski definition) is 3. The molecule has 0 fully saturated rings. The fraction of sp³-hybridized carbons (Fsp3) is 0.167. The van der Waals surface area contributed by atoms with E-state index < -0.39 is 5.82 Å². The highest BCUT2D eigenvalue weighted by Crippen LogP contribution is 2.24. The number of amides is 1. The van der Waals surface area contributed by atoms with E-state index in [1.165, 1.54) is 22.9 Å². The highest BCUT2D eigenvalue weighted by Gasteiger charge is 2.16. The van der Waals surface area contributed by atoms with Crippen molar-refractivity contribution in [1.82, 2.24) is 9.78 Å². The third-order valence-electron chi connectivity index (χ3n) is 2.68. The molecular weight excluding hydrogens is 315 g/mol. The number of carbonyl (C=O) groups excluding carboxylic acids is 1. The zero-order valence-electron chi connectivity index (χ0n) is 10.4. The van der Waals surface area contributed by atoms with E-state index in [2.05, 4.69) is 26.3 Å².